The number of carbonyl (C=O) groups is 1. The molecule has 31 heavy (non-hydrogen) atoms. The SMILES string of the molecule is C[C@@H](NC(=O)c1ccc(N2CCC(N(C)Cc3ccn[nH]3)CC2)cc1)c1ccccc1. The molecule has 0 spiro atoms. The topological polar surface area (TPSA) is 64.3 Å². The summed E-state index contributed by atoms with van der Waals surface area (Å²) in [5.41, 5.74) is 4.14. The summed E-state index contributed by atoms with van der Waals surface area (Å²) >= 11 is 0. The Bertz CT molecular complexity index is 947. The summed E-state index contributed by atoms with van der Waals surface area (Å²) in [6.45, 7) is 4.95. The van der Waals surface area contributed by atoms with Gasteiger partial charge in [0, 0.05) is 48.8 Å². The normalized spacial score (nSPS) is 15.8. The number of aromatic amines is 1. The summed E-state index contributed by atoms with van der Waals surface area (Å²) in [6.07, 6.45) is 4.06. The minimum Gasteiger partial charge on any atom is -0.371 e. The van der Waals surface area contributed by atoms with Gasteiger partial charge in [-0.15, -0.1) is 0 Å². The third-order valence-electron chi connectivity index (χ3n) is 6.21. The summed E-state index contributed by atoms with van der Waals surface area (Å²) in [5, 5.41) is 10.2. The first-order chi connectivity index (χ1) is 15.1. The number of anilines is 1. The molecule has 1 aliphatic rings. The quantitative estimate of drug-likeness (QED) is 0.610. The van der Waals surface area contributed by atoms with Crippen LogP contribution < -0.4 is 10.2 Å². The molecule has 1 fully saturated rings. The van der Waals surface area contributed by atoms with E-state index in [0.717, 1.165) is 43.7 Å². The van der Waals surface area contributed by atoms with Gasteiger partial charge in [-0.25, -0.2) is 0 Å². The summed E-state index contributed by atoms with van der Waals surface area (Å²) < 4.78 is 0. The summed E-state index contributed by atoms with van der Waals surface area (Å²) in [6, 6.07) is 20.6. The van der Waals surface area contributed by atoms with Gasteiger partial charge in [0.2, 0.25) is 0 Å². The average Bonchev–Trinajstić information content (AvgIpc) is 3.33. The first kappa shape index (κ1) is 21.1. The van der Waals surface area contributed by atoms with E-state index in [1.54, 1.807) is 6.20 Å². The van der Waals surface area contributed by atoms with Gasteiger partial charge in [0.1, 0.15) is 0 Å². The molecule has 2 heterocycles. The van der Waals surface area contributed by atoms with E-state index in [2.05, 4.69) is 44.5 Å². The van der Waals surface area contributed by atoms with Crippen molar-refractivity contribution in [3.05, 3.63) is 83.7 Å². The van der Waals surface area contributed by atoms with E-state index in [0.29, 0.717) is 11.6 Å². The Balaban J connectivity index is 1.29. The van der Waals surface area contributed by atoms with Crippen LogP contribution in [0.25, 0.3) is 0 Å². The molecule has 6 nitrogen and oxygen atoms in total. The van der Waals surface area contributed by atoms with Crippen molar-refractivity contribution >= 4 is 11.6 Å². The standard InChI is InChI=1S/C25H31N5O/c1-19(20-6-4-3-5-7-20)27-25(31)21-8-10-24(11-9-21)30-16-13-23(14-17-30)29(2)18-22-12-15-26-28-22/h3-12,15,19,23H,13-14,16-18H2,1-2H3,(H,26,28)(H,27,31)/t19-/m1/s1. The second-order valence-electron chi connectivity index (χ2n) is 8.37. The number of H-pyrrole nitrogens is 1. The van der Waals surface area contributed by atoms with Crippen LogP contribution in [0, 0.1) is 0 Å². The van der Waals surface area contributed by atoms with Crippen molar-refractivity contribution in [3.8, 4) is 0 Å². The van der Waals surface area contributed by atoms with Crippen molar-refractivity contribution in [3.63, 3.8) is 0 Å². The first-order valence-corrected chi connectivity index (χ1v) is 11.0. The molecule has 0 bridgehead atoms. The fraction of sp³-hybridized carbons (Fsp3) is 0.360. The zero-order valence-electron chi connectivity index (χ0n) is 18.3. The number of aromatic nitrogens is 2. The maximum Gasteiger partial charge on any atom is 0.251 e. The molecule has 0 saturated carbocycles. The fourth-order valence-corrected chi connectivity index (χ4v) is 4.26. The highest BCUT2D eigenvalue weighted by molar-refractivity contribution is 5.94. The molecule has 1 saturated heterocycles. The lowest BCUT2D eigenvalue weighted by Gasteiger charge is -2.37. The Kier molecular flexibility index (Phi) is 6.67. The second kappa shape index (κ2) is 9.79. The molecule has 3 aromatic rings. The van der Waals surface area contributed by atoms with Gasteiger partial charge in [-0.05, 0) is 62.7 Å². The Hall–Kier alpha value is -3.12. The average molecular weight is 418 g/mol. The van der Waals surface area contributed by atoms with Crippen LogP contribution in [-0.2, 0) is 6.54 Å². The number of benzene rings is 2. The van der Waals surface area contributed by atoms with Gasteiger partial charge in [-0.1, -0.05) is 30.3 Å². The van der Waals surface area contributed by atoms with Crippen LogP contribution in [0.15, 0.2) is 66.9 Å². The monoisotopic (exact) mass is 417 g/mol. The van der Waals surface area contributed by atoms with Gasteiger partial charge in [-0.3, -0.25) is 14.8 Å². The molecular formula is C25H31N5O. The largest absolute Gasteiger partial charge is 0.371 e. The lowest BCUT2D eigenvalue weighted by atomic mass is 10.0. The van der Waals surface area contributed by atoms with E-state index in [-0.39, 0.29) is 11.9 Å². The minimum absolute atomic E-state index is 0.0221. The van der Waals surface area contributed by atoms with Gasteiger partial charge < -0.3 is 10.2 Å². The van der Waals surface area contributed by atoms with Gasteiger partial charge in [0.05, 0.1) is 6.04 Å². The molecule has 4 rings (SSSR count). The van der Waals surface area contributed by atoms with Crippen LogP contribution in [0.4, 0.5) is 5.69 Å². The van der Waals surface area contributed by atoms with E-state index >= 15 is 0 Å². The first-order valence-electron chi connectivity index (χ1n) is 11.0. The van der Waals surface area contributed by atoms with Crippen LogP contribution in [-0.4, -0.2) is 47.2 Å². The summed E-state index contributed by atoms with van der Waals surface area (Å²) in [7, 11) is 2.19. The predicted molar refractivity (Wildman–Crippen MR) is 124 cm³/mol. The predicted octanol–water partition coefficient (Wildman–Crippen LogP) is 4.00. The van der Waals surface area contributed by atoms with E-state index in [4.69, 9.17) is 0 Å². The Morgan fingerprint density at radius 2 is 1.84 bits per heavy atom. The maximum absolute atomic E-state index is 12.6. The highest BCUT2D eigenvalue weighted by atomic mass is 16.1. The van der Waals surface area contributed by atoms with Crippen molar-refractivity contribution in [1.82, 2.24) is 20.4 Å². The molecule has 1 aromatic heterocycles. The number of carbonyl (C=O) groups excluding carboxylic acids is 1. The molecule has 1 atom stereocenters. The van der Waals surface area contributed by atoms with E-state index in [9.17, 15) is 4.79 Å². The molecule has 0 radical (unpaired) electrons. The van der Waals surface area contributed by atoms with Crippen LogP contribution in [0.5, 0.6) is 0 Å². The van der Waals surface area contributed by atoms with Crippen molar-refractivity contribution in [1.29, 1.82) is 0 Å². The number of amides is 1. The van der Waals surface area contributed by atoms with Crippen LogP contribution in [0.1, 0.15) is 47.4 Å². The number of rotatable bonds is 7. The number of hydrogen-bond acceptors (Lipinski definition) is 4. The lowest BCUT2D eigenvalue weighted by Crippen LogP contribution is -2.43. The zero-order valence-corrected chi connectivity index (χ0v) is 18.3. The highest BCUT2D eigenvalue weighted by Crippen LogP contribution is 2.23. The Morgan fingerprint density at radius 1 is 1.13 bits per heavy atom. The van der Waals surface area contributed by atoms with Crippen LogP contribution in [0.3, 0.4) is 0 Å². The third kappa shape index (κ3) is 5.33. The van der Waals surface area contributed by atoms with Crippen molar-refractivity contribution in [2.75, 3.05) is 25.0 Å². The van der Waals surface area contributed by atoms with Crippen LogP contribution >= 0.6 is 0 Å². The second-order valence-corrected chi connectivity index (χ2v) is 8.37. The summed E-state index contributed by atoms with van der Waals surface area (Å²) in [5.74, 6) is -0.0398. The molecule has 2 N–H and O–H groups in total. The summed E-state index contributed by atoms with van der Waals surface area (Å²) in [4.78, 5) is 17.4. The van der Waals surface area contributed by atoms with Gasteiger partial charge in [0.25, 0.3) is 5.91 Å². The van der Waals surface area contributed by atoms with Gasteiger partial charge >= 0.3 is 0 Å². The third-order valence-corrected chi connectivity index (χ3v) is 6.21. The lowest BCUT2D eigenvalue weighted by molar-refractivity contribution is 0.0940. The molecular weight excluding hydrogens is 386 g/mol. The molecule has 6 heteroatoms. The van der Waals surface area contributed by atoms with E-state index in [1.807, 2.05) is 55.5 Å². The van der Waals surface area contributed by atoms with E-state index in [1.165, 1.54) is 5.69 Å². The van der Waals surface area contributed by atoms with Crippen molar-refractivity contribution in [2.24, 2.45) is 0 Å². The number of piperidine rings is 1. The van der Waals surface area contributed by atoms with Crippen molar-refractivity contribution < 1.29 is 4.79 Å². The minimum atomic E-state index is -0.0398. The van der Waals surface area contributed by atoms with Crippen LogP contribution in [0.2, 0.25) is 0 Å². The number of nitrogens with one attached hydrogen (secondary N) is 2. The van der Waals surface area contributed by atoms with Gasteiger partial charge in [-0.2, -0.15) is 5.10 Å². The zero-order chi connectivity index (χ0) is 21.6. The highest BCUT2D eigenvalue weighted by Gasteiger charge is 2.23. The fourth-order valence-electron chi connectivity index (χ4n) is 4.26. The molecule has 0 unspecified atom stereocenters. The van der Waals surface area contributed by atoms with Crippen molar-refractivity contribution in [2.45, 2.75) is 38.4 Å². The maximum atomic E-state index is 12.6. The van der Waals surface area contributed by atoms with Gasteiger partial charge in [0.15, 0.2) is 0 Å². The van der Waals surface area contributed by atoms with E-state index < -0.39 is 0 Å². The molecule has 0 aliphatic carbocycles. The number of hydrogen-bond donors (Lipinski definition) is 2. The Morgan fingerprint density at radius 3 is 2.48 bits per heavy atom. The number of nitrogens with zero attached hydrogens (tertiary/aromatic N) is 3. The Labute approximate surface area is 184 Å². The molecule has 2 aromatic carbocycles. The molecule has 162 valence electrons. The smallest absolute Gasteiger partial charge is 0.251 e. The molecule has 1 amide bonds. The molecule has 1 aliphatic heterocycles.